The summed E-state index contributed by atoms with van der Waals surface area (Å²) in [5.74, 6) is 1.60. The van der Waals surface area contributed by atoms with Crippen LogP contribution in [0.2, 0.25) is 0 Å². The Morgan fingerprint density at radius 1 is 0.389 bits per heavy atom. The predicted octanol–water partition coefficient (Wildman–Crippen LogP) is 13.6. The van der Waals surface area contributed by atoms with Crippen LogP contribution in [0.25, 0.3) is 96.5 Å². The number of methoxy groups -OCH3 is 2. The lowest BCUT2D eigenvalue weighted by Gasteiger charge is -2.18. The Bertz CT molecular complexity index is 2740. The van der Waals surface area contributed by atoms with Crippen molar-refractivity contribution in [1.29, 1.82) is 0 Å². The summed E-state index contributed by atoms with van der Waals surface area (Å²) >= 11 is 3.45. The van der Waals surface area contributed by atoms with E-state index < -0.39 is 0 Å². The van der Waals surface area contributed by atoms with Crippen molar-refractivity contribution in [3.05, 3.63) is 158 Å². The maximum atomic E-state index is 6.04. The van der Waals surface area contributed by atoms with E-state index in [0.717, 1.165) is 98.6 Å². The van der Waals surface area contributed by atoms with Crippen LogP contribution < -0.4 is 9.47 Å². The molecule has 10 rings (SSSR count). The van der Waals surface area contributed by atoms with E-state index in [1.54, 1.807) is 36.9 Å². The van der Waals surface area contributed by atoms with Crippen LogP contribution >= 0.6 is 22.7 Å². The molecule has 258 valence electrons. The highest BCUT2D eigenvalue weighted by Crippen LogP contribution is 2.46. The normalized spacial score (nSPS) is 11.5. The number of thiazole rings is 2. The van der Waals surface area contributed by atoms with Crippen molar-refractivity contribution in [3.8, 4) is 66.0 Å². The van der Waals surface area contributed by atoms with Crippen LogP contribution in [0, 0.1) is 0 Å². The molecule has 0 aliphatic carbocycles. The van der Waals surface area contributed by atoms with Crippen LogP contribution in [-0.4, -0.2) is 24.2 Å². The number of benzene rings is 8. The van der Waals surface area contributed by atoms with E-state index in [1.165, 1.54) is 9.40 Å². The average molecular weight is 733 g/mol. The van der Waals surface area contributed by atoms with Gasteiger partial charge in [0.2, 0.25) is 0 Å². The molecule has 0 aliphatic heterocycles. The van der Waals surface area contributed by atoms with E-state index >= 15 is 0 Å². The molecule has 0 N–H and O–H groups in total. The molecule has 6 heteroatoms. The second-order valence-corrected chi connectivity index (χ2v) is 15.3. The van der Waals surface area contributed by atoms with Crippen molar-refractivity contribution in [2.24, 2.45) is 0 Å². The largest absolute Gasteiger partial charge is 0.496 e. The van der Waals surface area contributed by atoms with Crippen LogP contribution in [0.3, 0.4) is 0 Å². The second kappa shape index (κ2) is 13.3. The van der Waals surface area contributed by atoms with Gasteiger partial charge in [0, 0.05) is 22.3 Å². The summed E-state index contributed by atoms with van der Waals surface area (Å²) in [7, 11) is 3.47. The average Bonchev–Trinajstić information content (AvgIpc) is 3.88. The molecule has 54 heavy (non-hydrogen) atoms. The molecule has 4 nitrogen and oxygen atoms in total. The molecule has 0 saturated carbocycles. The molecular weight excluding hydrogens is 701 g/mol. The molecule has 2 aromatic heterocycles. The summed E-state index contributed by atoms with van der Waals surface area (Å²) in [6.45, 7) is 0. The lowest BCUT2D eigenvalue weighted by atomic mass is 9.90. The van der Waals surface area contributed by atoms with Gasteiger partial charge in [-0.05, 0) is 92.3 Å². The molecule has 0 radical (unpaired) electrons. The minimum atomic E-state index is 0.802. The SMILES string of the molecule is COc1ccc2cc(-c3ccc(-c4nc5ccccc5s4)cc3)ccc2c1-c1c(OC)ccc2cc(-c3ccc(-c4nc5ccccc5s4)cc3)ccc12. The fraction of sp³-hybridized carbons (Fsp3) is 0.0417. The van der Waals surface area contributed by atoms with Crippen molar-refractivity contribution >= 4 is 64.7 Å². The van der Waals surface area contributed by atoms with Gasteiger partial charge in [0.25, 0.3) is 0 Å². The number of hydrogen-bond donors (Lipinski definition) is 0. The summed E-state index contributed by atoms with van der Waals surface area (Å²) in [5.41, 5.74) is 11.0. The third-order valence-corrected chi connectivity index (χ3v) is 12.3. The van der Waals surface area contributed by atoms with Crippen LogP contribution in [0.4, 0.5) is 0 Å². The first-order valence-electron chi connectivity index (χ1n) is 17.8. The lowest BCUT2D eigenvalue weighted by molar-refractivity contribution is 0.411. The number of rotatable bonds is 7. The van der Waals surface area contributed by atoms with Gasteiger partial charge in [-0.15, -0.1) is 22.7 Å². The Morgan fingerprint density at radius 3 is 1.19 bits per heavy atom. The molecule has 2 heterocycles. The Hall–Kier alpha value is -6.34. The van der Waals surface area contributed by atoms with Gasteiger partial charge in [0.05, 0.1) is 34.7 Å². The Morgan fingerprint density at radius 2 is 0.778 bits per heavy atom. The first kappa shape index (κ1) is 32.3. The van der Waals surface area contributed by atoms with Gasteiger partial charge in [0.1, 0.15) is 21.5 Å². The number of ether oxygens (including phenoxy) is 2. The zero-order chi connectivity index (χ0) is 36.2. The van der Waals surface area contributed by atoms with E-state index in [1.807, 2.05) is 12.1 Å². The smallest absolute Gasteiger partial charge is 0.127 e. The van der Waals surface area contributed by atoms with E-state index in [4.69, 9.17) is 19.4 Å². The molecule has 0 bridgehead atoms. The van der Waals surface area contributed by atoms with E-state index in [9.17, 15) is 0 Å². The van der Waals surface area contributed by atoms with Crippen molar-refractivity contribution in [2.45, 2.75) is 0 Å². The van der Waals surface area contributed by atoms with Crippen LogP contribution in [-0.2, 0) is 0 Å². The second-order valence-electron chi connectivity index (χ2n) is 13.3. The highest BCUT2D eigenvalue weighted by Gasteiger charge is 2.19. The molecule has 0 amide bonds. The minimum absolute atomic E-state index is 0.802. The van der Waals surface area contributed by atoms with E-state index in [0.29, 0.717) is 0 Å². The van der Waals surface area contributed by atoms with Crippen molar-refractivity contribution < 1.29 is 9.47 Å². The van der Waals surface area contributed by atoms with Gasteiger partial charge < -0.3 is 9.47 Å². The quantitative estimate of drug-likeness (QED) is 0.164. The fourth-order valence-electron chi connectivity index (χ4n) is 7.44. The highest BCUT2D eigenvalue weighted by atomic mass is 32.1. The summed E-state index contributed by atoms with van der Waals surface area (Å²) < 4.78 is 14.5. The lowest BCUT2D eigenvalue weighted by Crippen LogP contribution is -1.95. The third kappa shape index (κ3) is 5.59. The van der Waals surface area contributed by atoms with Crippen molar-refractivity contribution in [3.63, 3.8) is 0 Å². The predicted molar refractivity (Wildman–Crippen MR) is 228 cm³/mol. The Labute approximate surface area is 320 Å². The monoisotopic (exact) mass is 732 g/mol. The first-order chi connectivity index (χ1) is 26.6. The molecule has 0 unspecified atom stereocenters. The van der Waals surface area contributed by atoms with Gasteiger partial charge >= 0.3 is 0 Å². The summed E-state index contributed by atoms with van der Waals surface area (Å²) in [6, 6.07) is 55.8. The Kier molecular flexibility index (Phi) is 7.94. The molecular formula is C48H32N2O2S2. The zero-order valence-electron chi connectivity index (χ0n) is 29.5. The van der Waals surface area contributed by atoms with Crippen LogP contribution in [0.5, 0.6) is 11.5 Å². The van der Waals surface area contributed by atoms with E-state index in [-0.39, 0.29) is 0 Å². The maximum absolute atomic E-state index is 6.04. The number of hydrogen-bond acceptors (Lipinski definition) is 6. The molecule has 8 aromatic carbocycles. The topological polar surface area (TPSA) is 44.2 Å². The molecule has 0 aliphatic rings. The van der Waals surface area contributed by atoms with Gasteiger partial charge in [-0.1, -0.05) is 109 Å². The molecule has 0 atom stereocenters. The summed E-state index contributed by atoms with van der Waals surface area (Å²) in [5, 5.41) is 6.53. The molecule has 0 fully saturated rings. The van der Waals surface area contributed by atoms with Crippen molar-refractivity contribution in [2.75, 3.05) is 14.2 Å². The number of fused-ring (bicyclic) bond motifs is 4. The maximum Gasteiger partial charge on any atom is 0.127 e. The zero-order valence-corrected chi connectivity index (χ0v) is 31.2. The van der Waals surface area contributed by atoms with Crippen LogP contribution in [0.15, 0.2) is 158 Å². The van der Waals surface area contributed by atoms with Gasteiger partial charge in [-0.2, -0.15) is 0 Å². The third-order valence-electron chi connectivity index (χ3n) is 10.2. The Balaban J connectivity index is 1.01. The van der Waals surface area contributed by atoms with Crippen molar-refractivity contribution in [1.82, 2.24) is 9.97 Å². The number of para-hydroxylation sites is 2. The summed E-state index contributed by atoms with van der Waals surface area (Å²) in [4.78, 5) is 9.70. The number of nitrogens with zero attached hydrogens (tertiary/aromatic N) is 2. The summed E-state index contributed by atoms with van der Waals surface area (Å²) in [6.07, 6.45) is 0. The molecule has 0 spiro atoms. The van der Waals surface area contributed by atoms with Crippen LogP contribution in [0.1, 0.15) is 0 Å². The number of aromatic nitrogens is 2. The fourth-order valence-corrected chi connectivity index (χ4v) is 9.38. The molecule has 0 saturated heterocycles. The standard InChI is InChI=1S/C48H32N2O2S2/c1-51-41-25-21-35-27-33(29-11-15-31(16-12-29)47-49-39-7-3-5-9-43(39)53-47)19-23-37(35)45(41)46-38-24-20-34(28-36(38)22-26-42(46)52-2)30-13-17-32(18-14-30)48-50-40-8-4-6-10-44(40)54-48/h3-28H,1-2H3. The van der Waals surface area contributed by atoms with Gasteiger partial charge in [-0.3, -0.25) is 0 Å². The molecule has 10 aromatic rings. The highest BCUT2D eigenvalue weighted by molar-refractivity contribution is 7.22. The minimum Gasteiger partial charge on any atom is -0.496 e. The van der Waals surface area contributed by atoms with Gasteiger partial charge in [0.15, 0.2) is 0 Å². The van der Waals surface area contributed by atoms with Gasteiger partial charge in [-0.25, -0.2) is 9.97 Å². The van der Waals surface area contributed by atoms with E-state index in [2.05, 4.69) is 146 Å². The first-order valence-corrected chi connectivity index (χ1v) is 19.4.